The molecule has 2 rings (SSSR count). The molecule has 0 aliphatic carbocycles. The van der Waals surface area contributed by atoms with Gasteiger partial charge in [0.15, 0.2) is 5.65 Å². The van der Waals surface area contributed by atoms with Crippen LogP contribution in [0.5, 0.6) is 0 Å². The molecule has 0 spiro atoms. The molecule has 2 aromatic rings. The summed E-state index contributed by atoms with van der Waals surface area (Å²) in [5, 5.41) is 8.80. The molecule has 1 atom stereocenters. The van der Waals surface area contributed by atoms with Crippen LogP contribution in [0, 0.1) is 0 Å². The van der Waals surface area contributed by atoms with Crippen LogP contribution in [0.4, 0.5) is 0 Å². The van der Waals surface area contributed by atoms with Gasteiger partial charge in [0, 0.05) is 20.5 Å². The average Bonchev–Trinajstić information content (AvgIpc) is 2.50. The van der Waals surface area contributed by atoms with E-state index in [0.29, 0.717) is 17.3 Å². The Morgan fingerprint density at radius 2 is 1.91 bits per heavy atom. The lowest BCUT2D eigenvalue weighted by Crippen LogP contribution is -2.38. The highest BCUT2D eigenvalue weighted by atomic mass is 32.2. The van der Waals surface area contributed by atoms with Gasteiger partial charge in [0.2, 0.25) is 0 Å². The molecule has 1 unspecified atom stereocenters. The largest absolute Gasteiger partial charge is 0.480 e. The van der Waals surface area contributed by atoms with Gasteiger partial charge in [-0.3, -0.25) is 18.7 Å². The minimum atomic E-state index is -1.000. The standard InChI is InChI=1S/C14H18N4O4S/c1-5-6-8-15-10-9(11(16-8)23-7(2)13(20)21)12(19)18(4)14(22)17(10)3/h7H,5-6H2,1-4H3,(H,20,21). The highest BCUT2D eigenvalue weighted by Crippen LogP contribution is 2.26. The van der Waals surface area contributed by atoms with Gasteiger partial charge in [-0.2, -0.15) is 0 Å². The maximum absolute atomic E-state index is 12.5. The van der Waals surface area contributed by atoms with Crippen molar-refractivity contribution in [2.75, 3.05) is 0 Å². The molecule has 124 valence electrons. The molecule has 0 fully saturated rings. The first-order chi connectivity index (χ1) is 10.8. The van der Waals surface area contributed by atoms with Gasteiger partial charge in [-0.15, -0.1) is 0 Å². The number of aliphatic carboxylic acids is 1. The molecular weight excluding hydrogens is 320 g/mol. The van der Waals surface area contributed by atoms with Gasteiger partial charge < -0.3 is 5.11 Å². The summed E-state index contributed by atoms with van der Waals surface area (Å²) >= 11 is 0.979. The number of carboxylic acids is 1. The topological polar surface area (TPSA) is 107 Å². The van der Waals surface area contributed by atoms with Crippen molar-refractivity contribution in [3.05, 3.63) is 26.7 Å². The van der Waals surface area contributed by atoms with Crippen LogP contribution >= 0.6 is 11.8 Å². The Hall–Kier alpha value is -2.16. The number of carbonyl (C=O) groups is 1. The fourth-order valence-electron chi connectivity index (χ4n) is 2.11. The molecule has 0 saturated carbocycles. The number of thioether (sulfide) groups is 1. The van der Waals surface area contributed by atoms with Crippen molar-refractivity contribution in [1.29, 1.82) is 0 Å². The van der Waals surface area contributed by atoms with Crippen LogP contribution in [0.15, 0.2) is 14.6 Å². The number of nitrogens with zero attached hydrogens (tertiary/aromatic N) is 4. The van der Waals surface area contributed by atoms with Gasteiger partial charge in [-0.1, -0.05) is 18.7 Å². The van der Waals surface area contributed by atoms with E-state index >= 15 is 0 Å². The van der Waals surface area contributed by atoms with Crippen molar-refractivity contribution in [2.24, 2.45) is 14.1 Å². The van der Waals surface area contributed by atoms with Crippen molar-refractivity contribution in [1.82, 2.24) is 19.1 Å². The van der Waals surface area contributed by atoms with Crippen molar-refractivity contribution in [3.8, 4) is 0 Å². The van der Waals surface area contributed by atoms with Gasteiger partial charge in [0.1, 0.15) is 21.5 Å². The molecule has 0 aromatic carbocycles. The third-order valence-corrected chi connectivity index (χ3v) is 4.50. The van der Waals surface area contributed by atoms with E-state index < -0.39 is 22.5 Å². The molecule has 8 nitrogen and oxygen atoms in total. The molecule has 0 aliphatic rings. The highest BCUT2D eigenvalue weighted by Gasteiger charge is 2.21. The predicted octanol–water partition coefficient (Wildman–Crippen LogP) is 0.545. The summed E-state index contributed by atoms with van der Waals surface area (Å²) in [5.74, 6) is -0.510. The van der Waals surface area contributed by atoms with Crippen molar-refractivity contribution < 1.29 is 9.90 Å². The third kappa shape index (κ3) is 3.14. The number of rotatable bonds is 5. The van der Waals surface area contributed by atoms with Gasteiger partial charge in [0.05, 0.1) is 0 Å². The van der Waals surface area contributed by atoms with E-state index in [1.165, 1.54) is 25.6 Å². The zero-order chi connectivity index (χ0) is 17.3. The van der Waals surface area contributed by atoms with E-state index in [2.05, 4.69) is 9.97 Å². The van der Waals surface area contributed by atoms with E-state index in [9.17, 15) is 14.4 Å². The average molecular weight is 338 g/mol. The van der Waals surface area contributed by atoms with E-state index in [1.807, 2.05) is 6.92 Å². The number of hydrogen-bond acceptors (Lipinski definition) is 6. The van der Waals surface area contributed by atoms with Crippen LogP contribution in [-0.4, -0.2) is 35.4 Å². The maximum atomic E-state index is 12.5. The molecule has 2 aromatic heterocycles. The molecule has 0 amide bonds. The first kappa shape index (κ1) is 17.2. The number of fused-ring (bicyclic) bond motifs is 1. The number of hydrogen-bond donors (Lipinski definition) is 1. The minimum Gasteiger partial charge on any atom is -0.480 e. The van der Waals surface area contributed by atoms with Crippen molar-refractivity contribution in [2.45, 2.75) is 37.0 Å². The van der Waals surface area contributed by atoms with Crippen LogP contribution in [-0.2, 0) is 25.3 Å². The summed E-state index contributed by atoms with van der Waals surface area (Å²) in [7, 11) is 2.90. The zero-order valence-electron chi connectivity index (χ0n) is 13.4. The molecule has 23 heavy (non-hydrogen) atoms. The lowest BCUT2D eigenvalue weighted by Gasteiger charge is -2.12. The summed E-state index contributed by atoms with van der Waals surface area (Å²) < 4.78 is 2.26. The first-order valence-corrected chi connectivity index (χ1v) is 8.02. The lowest BCUT2D eigenvalue weighted by molar-refractivity contribution is -0.136. The molecule has 0 aliphatic heterocycles. The van der Waals surface area contributed by atoms with Crippen LogP contribution in [0.25, 0.3) is 11.0 Å². The number of aryl methyl sites for hydroxylation is 2. The molecule has 0 radical (unpaired) electrons. The summed E-state index contributed by atoms with van der Waals surface area (Å²) in [6.07, 6.45) is 1.37. The molecule has 0 bridgehead atoms. The second kappa shape index (κ2) is 6.53. The summed E-state index contributed by atoms with van der Waals surface area (Å²) in [5.41, 5.74) is -0.770. The molecular formula is C14H18N4O4S. The minimum absolute atomic E-state index is 0.174. The second-order valence-electron chi connectivity index (χ2n) is 5.20. The van der Waals surface area contributed by atoms with Gasteiger partial charge in [-0.05, 0) is 13.3 Å². The molecule has 2 heterocycles. The summed E-state index contributed by atoms with van der Waals surface area (Å²) in [6.45, 7) is 3.48. The quantitative estimate of drug-likeness (QED) is 0.626. The van der Waals surface area contributed by atoms with Crippen LogP contribution < -0.4 is 11.2 Å². The van der Waals surface area contributed by atoms with E-state index in [0.717, 1.165) is 22.7 Å². The normalized spacial score (nSPS) is 12.5. The van der Waals surface area contributed by atoms with Crippen LogP contribution in [0.1, 0.15) is 26.1 Å². The SMILES string of the molecule is CCCc1nc(SC(C)C(=O)O)c2c(=O)n(C)c(=O)n(C)c2n1. The van der Waals surface area contributed by atoms with E-state index in [-0.39, 0.29) is 11.0 Å². The number of aromatic nitrogens is 4. The van der Waals surface area contributed by atoms with Crippen LogP contribution in [0.2, 0.25) is 0 Å². The van der Waals surface area contributed by atoms with Crippen LogP contribution in [0.3, 0.4) is 0 Å². The summed E-state index contributed by atoms with van der Waals surface area (Å²) in [4.78, 5) is 44.3. The predicted molar refractivity (Wildman–Crippen MR) is 87.0 cm³/mol. The monoisotopic (exact) mass is 338 g/mol. The Morgan fingerprint density at radius 3 is 2.48 bits per heavy atom. The highest BCUT2D eigenvalue weighted by molar-refractivity contribution is 8.00. The number of carboxylic acid groups (broad SMARTS) is 1. The Balaban J connectivity index is 2.84. The van der Waals surface area contributed by atoms with Gasteiger partial charge >= 0.3 is 11.7 Å². The molecule has 9 heteroatoms. The smallest absolute Gasteiger partial charge is 0.332 e. The zero-order valence-corrected chi connectivity index (χ0v) is 14.2. The first-order valence-electron chi connectivity index (χ1n) is 7.14. The van der Waals surface area contributed by atoms with Gasteiger partial charge in [0.25, 0.3) is 5.56 Å². The molecule has 0 saturated heterocycles. The van der Waals surface area contributed by atoms with E-state index in [1.54, 1.807) is 0 Å². The van der Waals surface area contributed by atoms with E-state index in [4.69, 9.17) is 5.11 Å². The molecule has 1 N–H and O–H groups in total. The Labute approximate surface area is 136 Å². The third-order valence-electron chi connectivity index (χ3n) is 3.42. The maximum Gasteiger partial charge on any atom is 0.332 e. The van der Waals surface area contributed by atoms with Crippen molar-refractivity contribution in [3.63, 3.8) is 0 Å². The fourth-order valence-corrected chi connectivity index (χ4v) is 3.00. The Kier molecular flexibility index (Phi) is 4.88. The van der Waals surface area contributed by atoms with Crippen molar-refractivity contribution >= 4 is 28.8 Å². The van der Waals surface area contributed by atoms with Gasteiger partial charge in [-0.25, -0.2) is 14.8 Å². The fraction of sp³-hybridized carbons (Fsp3) is 0.500. The summed E-state index contributed by atoms with van der Waals surface area (Å²) in [6, 6.07) is 0. The Bertz CT molecular complexity index is 887. The lowest BCUT2D eigenvalue weighted by atomic mass is 10.3. The Morgan fingerprint density at radius 1 is 1.26 bits per heavy atom. The second-order valence-corrected chi connectivity index (χ2v) is 6.53.